The van der Waals surface area contributed by atoms with Crippen LogP contribution in [-0.2, 0) is 23.1 Å². The van der Waals surface area contributed by atoms with Crippen LogP contribution in [0.4, 0.5) is 0 Å². The Balaban J connectivity index is 4.86. The van der Waals surface area contributed by atoms with Gasteiger partial charge in [0, 0.05) is 0 Å². The summed E-state index contributed by atoms with van der Waals surface area (Å²) in [7, 11) is -3.42. The van der Waals surface area contributed by atoms with Gasteiger partial charge >= 0.3 is 13.6 Å². The highest BCUT2D eigenvalue weighted by Gasteiger charge is 2.41. The number of carbonyl (C=O) groups excluding carboxylic acids is 1. The fourth-order valence-electron chi connectivity index (χ4n) is 1.41. The molecule has 0 heterocycles. The predicted molar refractivity (Wildman–Crippen MR) is 70.8 cm³/mol. The van der Waals surface area contributed by atoms with Gasteiger partial charge in [0.05, 0.1) is 19.8 Å². The molecular formula is C12H25O5P. The van der Waals surface area contributed by atoms with Gasteiger partial charge < -0.3 is 13.8 Å². The Labute approximate surface area is 110 Å². The van der Waals surface area contributed by atoms with E-state index in [1.807, 2.05) is 13.8 Å². The van der Waals surface area contributed by atoms with Crippen molar-refractivity contribution < 1.29 is 23.1 Å². The summed E-state index contributed by atoms with van der Waals surface area (Å²) in [5, 5.41) is 0. The van der Waals surface area contributed by atoms with E-state index in [2.05, 4.69) is 0 Å². The third-order valence-electron chi connectivity index (χ3n) is 2.28. The molecular weight excluding hydrogens is 255 g/mol. The maximum atomic E-state index is 12.6. The smallest absolute Gasteiger partial charge is 0.344 e. The molecule has 0 aromatic carbocycles. The van der Waals surface area contributed by atoms with Gasteiger partial charge in [0.25, 0.3) is 0 Å². The molecule has 0 aliphatic rings. The normalized spacial score (nSPS) is 13.3. The van der Waals surface area contributed by atoms with Crippen molar-refractivity contribution >= 4 is 13.6 Å². The minimum atomic E-state index is -3.42. The Hall–Kier alpha value is -0.380. The molecule has 0 saturated heterocycles. The Kier molecular flexibility index (Phi) is 9.34. The maximum absolute atomic E-state index is 12.6. The standard InChI is InChI=1S/C12H25O5P/c1-5-9-16-18(14,17-10-6-2)11(7-3)12(13)15-8-4/h11H,5-10H2,1-4H3. The van der Waals surface area contributed by atoms with Gasteiger partial charge in [0.2, 0.25) is 0 Å². The Bertz CT molecular complexity index is 268. The molecule has 0 rings (SSSR count). The number of hydrogen-bond donors (Lipinski definition) is 0. The summed E-state index contributed by atoms with van der Waals surface area (Å²) in [6.07, 6.45) is 1.82. The zero-order valence-electron chi connectivity index (χ0n) is 11.8. The Morgan fingerprint density at radius 2 is 1.56 bits per heavy atom. The van der Waals surface area contributed by atoms with Crippen molar-refractivity contribution in [3.63, 3.8) is 0 Å². The van der Waals surface area contributed by atoms with Gasteiger partial charge in [-0.25, -0.2) is 0 Å². The van der Waals surface area contributed by atoms with E-state index in [9.17, 15) is 9.36 Å². The van der Waals surface area contributed by atoms with Gasteiger partial charge in [0.1, 0.15) is 0 Å². The monoisotopic (exact) mass is 280 g/mol. The lowest BCUT2D eigenvalue weighted by Gasteiger charge is -2.24. The highest BCUT2D eigenvalue weighted by molar-refractivity contribution is 7.55. The number of rotatable bonds is 10. The molecule has 0 amide bonds. The summed E-state index contributed by atoms with van der Waals surface area (Å²) in [6.45, 7) is 8.21. The molecule has 0 saturated carbocycles. The molecule has 1 unspecified atom stereocenters. The third-order valence-corrected chi connectivity index (χ3v) is 4.70. The van der Waals surface area contributed by atoms with E-state index in [1.165, 1.54) is 0 Å². The lowest BCUT2D eigenvalue weighted by Crippen LogP contribution is -2.25. The molecule has 0 N–H and O–H groups in total. The van der Waals surface area contributed by atoms with Crippen molar-refractivity contribution in [2.75, 3.05) is 19.8 Å². The first kappa shape index (κ1) is 17.6. The minimum absolute atomic E-state index is 0.261. The lowest BCUT2D eigenvalue weighted by molar-refractivity contribution is -0.143. The fourth-order valence-corrected chi connectivity index (χ4v) is 3.50. The van der Waals surface area contributed by atoms with Crippen molar-refractivity contribution in [2.24, 2.45) is 0 Å². The molecule has 18 heavy (non-hydrogen) atoms. The average molecular weight is 280 g/mol. The number of ether oxygens (including phenoxy) is 1. The van der Waals surface area contributed by atoms with Crippen molar-refractivity contribution in [3.8, 4) is 0 Å². The zero-order valence-corrected chi connectivity index (χ0v) is 12.7. The molecule has 0 aromatic heterocycles. The SMILES string of the molecule is CCCOP(=O)(OCCC)C(CC)C(=O)OCC. The van der Waals surface area contributed by atoms with Gasteiger partial charge in [-0.3, -0.25) is 9.36 Å². The molecule has 5 nitrogen and oxygen atoms in total. The van der Waals surface area contributed by atoms with Crippen LogP contribution in [0.5, 0.6) is 0 Å². The summed E-state index contributed by atoms with van der Waals surface area (Å²) in [4.78, 5) is 11.8. The van der Waals surface area contributed by atoms with Gasteiger partial charge in [-0.2, -0.15) is 0 Å². The van der Waals surface area contributed by atoms with Gasteiger partial charge in [0.15, 0.2) is 5.66 Å². The average Bonchev–Trinajstić information content (AvgIpc) is 2.35. The number of hydrogen-bond acceptors (Lipinski definition) is 5. The largest absolute Gasteiger partial charge is 0.465 e. The number of carbonyl (C=O) groups is 1. The Morgan fingerprint density at radius 1 is 1.06 bits per heavy atom. The topological polar surface area (TPSA) is 61.8 Å². The summed E-state index contributed by atoms with van der Waals surface area (Å²) in [5.74, 6) is -0.504. The van der Waals surface area contributed by atoms with Crippen LogP contribution in [0.25, 0.3) is 0 Å². The summed E-state index contributed by atoms with van der Waals surface area (Å²) >= 11 is 0. The quantitative estimate of drug-likeness (QED) is 0.453. The van der Waals surface area contributed by atoms with Gasteiger partial charge in [-0.15, -0.1) is 0 Å². The maximum Gasteiger partial charge on any atom is 0.344 e. The van der Waals surface area contributed by atoms with E-state index < -0.39 is 19.2 Å². The first-order valence-electron chi connectivity index (χ1n) is 6.61. The van der Waals surface area contributed by atoms with Crippen LogP contribution in [0.3, 0.4) is 0 Å². The van der Waals surface area contributed by atoms with Crippen molar-refractivity contribution in [3.05, 3.63) is 0 Å². The molecule has 0 fully saturated rings. The summed E-state index contributed by atoms with van der Waals surface area (Å²) in [6, 6.07) is 0. The van der Waals surface area contributed by atoms with Crippen LogP contribution >= 0.6 is 7.60 Å². The molecule has 108 valence electrons. The second kappa shape index (κ2) is 9.54. The molecule has 0 spiro atoms. The third kappa shape index (κ3) is 5.51. The zero-order chi connectivity index (χ0) is 14.0. The molecule has 0 aliphatic carbocycles. The van der Waals surface area contributed by atoms with Gasteiger partial charge in [-0.05, 0) is 26.2 Å². The molecule has 0 aromatic rings. The van der Waals surface area contributed by atoms with E-state index in [-0.39, 0.29) is 6.61 Å². The lowest BCUT2D eigenvalue weighted by atomic mass is 10.3. The van der Waals surface area contributed by atoms with Crippen molar-refractivity contribution in [1.29, 1.82) is 0 Å². The predicted octanol–water partition coefficient (Wildman–Crippen LogP) is 3.37. The van der Waals surface area contributed by atoms with Gasteiger partial charge in [-0.1, -0.05) is 20.8 Å². The van der Waals surface area contributed by atoms with Crippen LogP contribution in [0.1, 0.15) is 47.0 Å². The first-order chi connectivity index (χ1) is 8.55. The molecule has 0 aliphatic heterocycles. The second-order valence-corrected chi connectivity index (χ2v) is 6.10. The van der Waals surface area contributed by atoms with Crippen molar-refractivity contribution in [1.82, 2.24) is 0 Å². The first-order valence-corrected chi connectivity index (χ1v) is 8.22. The van der Waals surface area contributed by atoms with E-state index in [0.717, 1.165) is 12.8 Å². The molecule has 1 atom stereocenters. The van der Waals surface area contributed by atoms with E-state index >= 15 is 0 Å². The van der Waals surface area contributed by atoms with Crippen LogP contribution < -0.4 is 0 Å². The van der Waals surface area contributed by atoms with E-state index in [1.54, 1.807) is 13.8 Å². The molecule has 6 heteroatoms. The van der Waals surface area contributed by atoms with Crippen molar-refractivity contribution in [2.45, 2.75) is 52.6 Å². The Morgan fingerprint density at radius 3 is 1.89 bits per heavy atom. The van der Waals surface area contributed by atoms with Crippen LogP contribution in [0.15, 0.2) is 0 Å². The molecule has 0 bridgehead atoms. The number of esters is 1. The summed E-state index contributed by atoms with van der Waals surface area (Å²) < 4.78 is 28.2. The highest BCUT2D eigenvalue weighted by atomic mass is 31.2. The minimum Gasteiger partial charge on any atom is -0.465 e. The van der Waals surface area contributed by atoms with Crippen LogP contribution in [0.2, 0.25) is 0 Å². The summed E-state index contributed by atoms with van der Waals surface area (Å²) in [5.41, 5.74) is -0.824. The van der Waals surface area contributed by atoms with E-state index in [0.29, 0.717) is 19.6 Å². The van der Waals surface area contributed by atoms with Crippen LogP contribution in [-0.4, -0.2) is 31.4 Å². The second-order valence-electron chi connectivity index (χ2n) is 3.88. The van der Waals surface area contributed by atoms with E-state index in [4.69, 9.17) is 13.8 Å². The fraction of sp³-hybridized carbons (Fsp3) is 0.917. The molecule has 0 radical (unpaired) electrons. The highest BCUT2D eigenvalue weighted by Crippen LogP contribution is 2.54. The van der Waals surface area contributed by atoms with Crippen LogP contribution in [0, 0.1) is 0 Å².